The third-order valence-electron chi connectivity index (χ3n) is 3.16. The van der Waals surface area contributed by atoms with Gasteiger partial charge in [0.2, 0.25) is 0 Å². The zero-order valence-corrected chi connectivity index (χ0v) is 11.2. The minimum absolute atomic E-state index is 0.161. The summed E-state index contributed by atoms with van der Waals surface area (Å²) in [5.41, 5.74) is 7.89. The molecule has 0 aliphatic carbocycles. The average Bonchev–Trinajstić information content (AvgIpc) is 2.40. The van der Waals surface area contributed by atoms with E-state index in [2.05, 4.69) is 22.2 Å². The van der Waals surface area contributed by atoms with Gasteiger partial charge in [0.25, 0.3) is 5.56 Å². The second-order valence-electron chi connectivity index (χ2n) is 4.68. The van der Waals surface area contributed by atoms with E-state index in [-0.39, 0.29) is 5.56 Å². The topological polar surface area (TPSA) is 83.8 Å². The predicted octanol–water partition coefficient (Wildman–Crippen LogP) is 2.50. The van der Waals surface area contributed by atoms with E-state index in [0.29, 0.717) is 16.6 Å². The monoisotopic (exact) mass is 260 g/mol. The Labute approximate surface area is 112 Å². The standard InChI is InChI=1S/C14H20N4O/c1-2-3-4-5-6-16-13-8-12-10(7-11(13)15)14(19)18-9-17-12/h7-9,16H,2-6,15H2,1H3,(H,17,18,19). The third kappa shape index (κ3) is 3.24. The van der Waals surface area contributed by atoms with Gasteiger partial charge in [0.15, 0.2) is 0 Å². The highest BCUT2D eigenvalue weighted by Gasteiger charge is 2.05. The van der Waals surface area contributed by atoms with Crippen molar-refractivity contribution in [2.24, 2.45) is 0 Å². The van der Waals surface area contributed by atoms with Crippen LogP contribution in [-0.2, 0) is 0 Å². The van der Waals surface area contributed by atoms with Crippen LogP contribution in [-0.4, -0.2) is 16.5 Å². The number of fused-ring (bicyclic) bond motifs is 1. The van der Waals surface area contributed by atoms with Gasteiger partial charge in [-0.3, -0.25) is 4.79 Å². The lowest BCUT2D eigenvalue weighted by atomic mass is 10.1. The van der Waals surface area contributed by atoms with Crippen LogP contribution in [0.4, 0.5) is 11.4 Å². The van der Waals surface area contributed by atoms with Gasteiger partial charge in [-0.25, -0.2) is 4.98 Å². The molecule has 4 N–H and O–H groups in total. The smallest absolute Gasteiger partial charge is 0.258 e. The van der Waals surface area contributed by atoms with Crippen molar-refractivity contribution in [3.63, 3.8) is 0 Å². The molecule has 19 heavy (non-hydrogen) atoms. The van der Waals surface area contributed by atoms with Crippen molar-refractivity contribution >= 4 is 22.3 Å². The minimum atomic E-state index is -0.161. The molecule has 0 radical (unpaired) electrons. The molecule has 0 saturated heterocycles. The van der Waals surface area contributed by atoms with Crippen molar-refractivity contribution in [2.75, 3.05) is 17.6 Å². The van der Waals surface area contributed by atoms with Crippen LogP contribution < -0.4 is 16.6 Å². The highest BCUT2D eigenvalue weighted by molar-refractivity contribution is 5.88. The van der Waals surface area contributed by atoms with Gasteiger partial charge in [-0.1, -0.05) is 26.2 Å². The molecule has 0 aliphatic heterocycles. The van der Waals surface area contributed by atoms with Gasteiger partial charge in [0.05, 0.1) is 28.6 Å². The Hall–Kier alpha value is -2.04. The van der Waals surface area contributed by atoms with Gasteiger partial charge in [0, 0.05) is 6.54 Å². The first-order chi connectivity index (χ1) is 9.22. The fraction of sp³-hybridized carbons (Fsp3) is 0.429. The number of hydrogen-bond acceptors (Lipinski definition) is 4. The number of benzene rings is 1. The van der Waals surface area contributed by atoms with Crippen molar-refractivity contribution in [2.45, 2.75) is 32.6 Å². The Bertz CT molecular complexity index is 606. The van der Waals surface area contributed by atoms with Gasteiger partial charge < -0.3 is 16.0 Å². The Morgan fingerprint density at radius 2 is 2.16 bits per heavy atom. The van der Waals surface area contributed by atoms with E-state index >= 15 is 0 Å². The van der Waals surface area contributed by atoms with Crippen LogP contribution in [0.3, 0.4) is 0 Å². The molecule has 0 atom stereocenters. The molecular weight excluding hydrogens is 240 g/mol. The quantitative estimate of drug-likeness (QED) is 0.550. The first-order valence-electron chi connectivity index (χ1n) is 6.73. The summed E-state index contributed by atoms with van der Waals surface area (Å²) in [5, 5.41) is 3.83. The Balaban J connectivity index is 2.11. The van der Waals surface area contributed by atoms with Crippen LogP contribution in [0.25, 0.3) is 10.9 Å². The van der Waals surface area contributed by atoms with Crippen LogP contribution in [0.1, 0.15) is 32.6 Å². The summed E-state index contributed by atoms with van der Waals surface area (Å²) in [6.45, 7) is 3.08. The molecule has 0 unspecified atom stereocenters. The van der Waals surface area contributed by atoms with Crippen molar-refractivity contribution < 1.29 is 0 Å². The number of nitrogens with two attached hydrogens (primary N) is 1. The predicted molar refractivity (Wildman–Crippen MR) is 79.4 cm³/mol. The number of aromatic amines is 1. The fourth-order valence-electron chi connectivity index (χ4n) is 2.06. The van der Waals surface area contributed by atoms with Crippen LogP contribution in [0.15, 0.2) is 23.3 Å². The molecule has 1 aromatic carbocycles. The van der Waals surface area contributed by atoms with E-state index in [9.17, 15) is 4.79 Å². The van der Waals surface area contributed by atoms with Crippen molar-refractivity contribution in [3.8, 4) is 0 Å². The highest BCUT2D eigenvalue weighted by atomic mass is 16.1. The van der Waals surface area contributed by atoms with Gasteiger partial charge in [-0.15, -0.1) is 0 Å². The lowest BCUT2D eigenvalue weighted by Crippen LogP contribution is -2.09. The summed E-state index contributed by atoms with van der Waals surface area (Å²) in [7, 11) is 0. The van der Waals surface area contributed by atoms with Gasteiger partial charge >= 0.3 is 0 Å². The second kappa shape index (κ2) is 6.22. The van der Waals surface area contributed by atoms with Crippen molar-refractivity contribution in [1.82, 2.24) is 9.97 Å². The van der Waals surface area contributed by atoms with Crippen LogP contribution in [0.5, 0.6) is 0 Å². The van der Waals surface area contributed by atoms with Crippen molar-refractivity contribution in [1.29, 1.82) is 0 Å². The summed E-state index contributed by atoms with van der Waals surface area (Å²) in [5.74, 6) is 0. The largest absolute Gasteiger partial charge is 0.397 e. The number of hydrogen-bond donors (Lipinski definition) is 3. The van der Waals surface area contributed by atoms with E-state index in [0.717, 1.165) is 18.7 Å². The zero-order valence-electron chi connectivity index (χ0n) is 11.2. The van der Waals surface area contributed by atoms with E-state index in [1.54, 1.807) is 6.07 Å². The number of nitrogen functional groups attached to an aromatic ring is 1. The number of aromatic nitrogens is 2. The first kappa shape index (κ1) is 13.4. The molecule has 1 aromatic heterocycles. The SMILES string of the molecule is CCCCCCNc1cc2nc[nH]c(=O)c2cc1N. The maximum absolute atomic E-state index is 11.6. The van der Waals surface area contributed by atoms with E-state index in [1.165, 1.54) is 25.6 Å². The van der Waals surface area contributed by atoms with Gasteiger partial charge in [0.1, 0.15) is 0 Å². The van der Waals surface area contributed by atoms with E-state index in [1.807, 2.05) is 6.07 Å². The molecule has 1 heterocycles. The molecule has 0 fully saturated rings. The fourth-order valence-corrected chi connectivity index (χ4v) is 2.06. The minimum Gasteiger partial charge on any atom is -0.397 e. The maximum atomic E-state index is 11.6. The van der Waals surface area contributed by atoms with Crippen LogP contribution >= 0.6 is 0 Å². The maximum Gasteiger partial charge on any atom is 0.258 e. The molecule has 5 nitrogen and oxygen atoms in total. The lowest BCUT2D eigenvalue weighted by Gasteiger charge is -2.10. The molecule has 0 spiro atoms. The van der Waals surface area contributed by atoms with Crippen LogP contribution in [0.2, 0.25) is 0 Å². The number of nitrogens with zero attached hydrogens (tertiary/aromatic N) is 1. The number of H-pyrrole nitrogens is 1. The Morgan fingerprint density at radius 1 is 1.32 bits per heavy atom. The number of unbranched alkanes of at least 4 members (excludes halogenated alkanes) is 3. The number of rotatable bonds is 6. The highest BCUT2D eigenvalue weighted by Crippen LogP contribution is 2.22. The molecule has 0 saturated carbocycles. The third-order valence-corrected chi connectivity index (χ3v) is 3.16. The summed E-state index contributed by atoms with van der Waals surface area (Å²) in [6, 6.07) is 3.51. The lowest BCUT2D eigenvalue weighted by molar-refractivity contribution is 0.685. The molecule has 0 bridgehead atoms. The molecule has 0 aliphatic rings. The van der Waals surface area contributed by atoms with Crippen molar-refractivity contribution in [3.05, 3.63) is 28.8 Å². The molecule has 0 amide bonds. The summed E-state index contributed by atoms with van der Waals surface area (Å²) in [4.78, 5) is 18.3. The molecule has 2 aromatic rings. The van der Waals surface area contributed by atoms with Crippen LogP contribution in [0, 0.1) is 0 Å². The summed E-state index contributed by atoms with van der Waals surface area (Å²) in [6.07, 6.45) is 6.23. The Morgan fingerprint density at radius 3 is 2.95 bits per heavy atom. The normalized spacial score (nSPS) is 10.8. The second-order valence-corrected chi connectivity index (χ2v) is 4.68. The summed E-state index contributed by atoms with van der Waals surface area (Å²) < 4.78 is 0. The number of nitrogens with one attached hydrogen (secondary N) is 2. The van der Waals surface area contributed by atoms with E-state index in [4.69, 9.17) is 5.73 Å². The number of anilines is 2. The Kier molecular flexibility index (Phi) is 4.39. The molecule has 2 rings (SSSR count). The zero-order chi connectivity index (χ0) is 13.7. The molecule has 5 heteroatoms. The van der Waals surface area contributed by atoms with E-state index < -0.39 is 0 Å². The van der Waals surface area contributed by atoms with Gasteiger partial charge in [-0.05, 0) is 18.6 Å². The van der Waals surface area contributed by atoms with Gasteiger partial charge in [-0.2, -0.15) is 0 Å². The molecule has 102 valence electrons. The molecular formula is C14H20N4O. The first-order valence-corrected chi connectivity index (χ1v) is 6.73. The average molecular weight is 260 g/mol. The summed E-state index contributed by atoms with van der Waals surface area (Å²) >= 11 is 0.